The maximum absolute atomic E-state index is 11.8. The molecular formula is C15H17N5OS. The van der Waals surface area contributed by atoms with E-state index in [2.05, 4.69) is 20.6 Å². The van der Waals surface area contributed by atoms with Gasteiger partial charge >= 0.3 is 0 Å². The standard InChI is InChI=1S/C15H17N5OS/c1-9(2)8-12(21)16-14-19-20-13(17-18-15(20)22-14)11-6-4-10(3)5-7-11/h4-7,9H,8H2,1-3H3,(H,16,19,21). The van der Waals surface area contributed by atoms with Crippen molar-refractivity contribution < 1.29 is 4.79 Å². The number of nitrogens with zero attached hydrogens (tertiary/aromatic N) is 4. The van der Waals surface area contributed by atoms with E-state index in [-0.39, 0.29) is 5.91 Å². The van der Waals surface area contributed by atoms with Gasteiger partial charge in [-0.25, -0.2) is 0 Å². The molecule has 0 radical (unpaired) electrons. The summed E-state index contributed by atoms with van der Waals surface area (Å²) in [5.74, 6) is 0.960. The van der Waals surface area contributed by atoms with Crippen LogP contribution in [-0.4, -0.2) is 25.7 Å². The molecule has 0 aliphatic carbocycles. The average Bonchev–Trinajstić information content (AvgIpc) is 2.98. The lowest BCUT2D eigenvalue weighted by Gasteiger charge is -2.03. The van der Waals surface area contributed by atoms with Crippen LogP contribution in [-0.2, 0) is 4.79 Å². The third kappa shape index (κ3) is 2.99. The Labute approximate surface area is 132 Å². The van der Waals surface area contributed by atoms with Gasteiger partial charge in [-0.15, -0.1) is 15.3 Å². The molecule has 2 aromatic heterocycles. The SMILES string of the molecule is Cc1ccc(-c2nnc3sc(NC(=O)CC(C)C)nn23)cc1. The molecule has 0 saturated heterocycles. The molecule has 22 heavy (non-hydrogen) atoms. The van der Waals surface area contributed by atoms with Crippen molar-refractivity contribution in [3.63, 3.8) is 0 Å². The van der Waals surface area contributed by atoms with Crippen LogP contribution in [0.15, 0.2) is 24.3 Å². The number of anilines is 1. The van der Waals surface area contributed by atoms with Crippen molar-refractivity contribution in [2.75, 3.05) is 5.32 Å². The molecule has 6 nitrogen and oxygen atoms in total. The average molecular weight is 315 g/mol. The molecule has 3 aromatic rings. The largest absolute Gasteiger partial charge is 0.301 e. The second-order valence-corrected chi connectivity index (χ2v) is 6.59. The van der Waals surface area contributed by atoms with Crippen molar-refractivity contribution in [2.24, 2.45) is 5.92 Å². The highest BCUT2D eigenvalue weighted by atomic mass is 32.1. The van der Waals surface area contributed by atoms with Gasteiger partial charge in [0.2, 0.25) is 16.0 Å². The van der Waals surface area contributed by atoms with Gasteiger partial charge in [-0.2, -0.15) is 4.52 Å². The van der Waals surface area contributed by atoms with Crippen LogP contribution in [0.5, 0.6) is 0 Å². The molecule has 0 bridgehead atoms. The van der Waals surface area contributed by atoms with Gasteiger partial charge in [0.25, 0.3) is 0 Å². The quantitative estimate of drug-likeness (QED) is 0.803. The zero-order valence-corrected chi connectivity index (χ0v) is 13.5. The summed E-state index contributed by atoms with van der Waals surface area (Å²) in [6.07, 6.45) is 0.477. The molecule has 3 rings (SSSR count). The Kier molecular flexibility index (Phi) is 3.89. The Morgan fingerprint density at radius 1 is 1.27 bits per heavy atom. The molecule has 0 aliphatic heterocycles. The number of hydrogen-bond donors (Lipinski definition) is 1. The van der Waals surface area contributed by atoms with E-state index >= 15 is 0 Å². The maximum atomic E-state index is 11.8. The molecule has 0 spiro atoms. The fourth-order valence-electron chi connectivity index (χ4n) is 2.09. The van der Waals surface area contributed by atoms with Crippen LogP contribution in [0.2, 0.25) is 0 Å². The third-order valence-corrected chi connectivity index (χ3v) is 3.95. The zero-order chi connectivity index (χ0) is 15.7. The molecule has 0 saturated carbocycles. The first-order valence-electron chi connectivity index (χ1n) is 7.12. The molecule has 114 valence electrons. The van der Waals surface area contributed by atoms with Crippen LogP contribution >= 0.6 is 11.3 Å². The lowest BCUT2D eigenvalue weighted by Crippen LogP contribution is -2.13. The van der Waals surface area contributed by atoms with Gasteiger partial charge in [0.05, 0.1) is 0 Å². The number of hydrogen-bond acceptors (Lipinski definition) is 5. The summed E-state index contributed by atoms with van der Waals surface area (Å²) in [6, 6.07) is 8.02. The Hall–Kier alpha value is -2.28. The summed E-state index contributed by atoms with van der Waals surface area (Å²) in [6.45, 7) is 6.05. The minimum absolute atomic E-state index is 0.0307. The first kappa shape index (κ1) is 14.6. The minimum atomic E-state index is -0.0307. The van der Waals surface area contributed by atoms with Crippen LogP contribution in [0.4, 0.5) is 5.13 Å². The molecular weight excluding hydrogens is 298 g/mol. The monoisotopic (exact) mass is 315 g/mol. The summed E-state index contributed by atoms with van der Waals surface area (Å²) >= 11 is 1.32. The van der Waals surface area contributed by atoms with Crippen LogP contribution in [0.3, 0.4) is 0 Å². The predicted octanol–water partition coefficient (Wildman–Crippen LogP) is 3.15. The van der Waals surface area contributed by atoms with Crippen LogP contribution < -0.4 is 5.32 Å². The highest BCUT2D eigenvalue weighted by Gasteiger charge is 2.15. The summed E-state index contributed by atoms with van der Waals surface area (Å²) < 4.78 is 1.67. The molecule has 7 heteroatoms. The first-order chi connectivity index (χ1) is 10.5. The topological polar surface area (TPSA) is 72.2 Å². The van der Waals surface area contributed by atoms with Crippen molar-refractivity contribution in [1.29, 1.82) is 0 Å². The van der Waals surface area contributed by atoms with Crippen molar-refractivity contribution in [2.45, 2.75) is 27.2 Å². The van der Waals surface area contributed by atoms with Crippen molar-refractivity contribution in [1.82, 2.24) is 19.8 Å². The second kappa shape index (κ2) is 5.84. The smallest absolute Gasteiger partial charge is 0.236 e. The fourth-order valence-corrected chi connectivity index (χ4v) is 2.85. The number of carbonyl (C=O) groups excluding carboxylic acids is 1. The fraction of sp³-hybridized carbons (Fsp3) is 0.333. The van der Waals surface area contributed by atoms with Gasteiger partial charge in [0.15, 0.2) is 5.82 Å². The van der Waals surface area contributed by atoms with Crippen molar-refractivity contribution in [3.8, 4) is 11.4 Å². The number of carbonyl (C=O) groups is 1. The van der Waals surface area contributed by atoms with E-state index in [0.29, 0.717) is 28.3 Å². The van der Waals surface area contributed by atoms with E-state index in [1.54, 1.807) is 4.52 Å². The Balaban J connectivity index is 1.88. The number of nitrogens with one attached hydrogen (secondary N) is 1. The first-order valence-corrected chi connectivity index (χ1v) is 7.93. The molecule has 0 fully saturated rings. The Morgan fingerprint density at radius 3 is 2.68 bits per heavy atom. The normalized spacial score (nSPS) is 11.3. The summed E-state index contributed by atoms with van der Waals surface area (Å²) in [5.41, 5.74) is 2.13. The highest BCUT2D eigenvalue weighted by molar-refractivity contribution is 7.20. The molecule has 0 unspecified atom stereocenters. The van der Waals surface area contributed by atoms with Gasteiger partial charge in [-0.3, -0.25) is 4.79 Å². The van der Waals surface area contributed by atoms with Gasteiger partial charge in [0, 0.05) is 12.0 Å². The minimum Gasteiger partial charge on any atom is -0.301 e. The lowest BCUT2D eigenvalue weighted by atomic mass is 10.1. The number of benzene rings is 1. The predicted molar refractivity (Wildman–Crippen MR) is 86.9 cm³/mol. The number of aryl methyl sites for hydroxylation is 1. The molecule has 0 atom stereocenters. The van der Waals surface area contributed by atoms with Crippen molar-refractivity contribution in [3.05, 3.63) is 29.8 Å². The van der Waals surface area contributed by atoms with E-state index in [1.807, 2.05) is 45.0 Å². The third-order valence-electron chi connectivity index (χ3n) is 3.14. The number of fused-ring (bicyclic) bond motifs is 1. The molecule has 2 heterocycles. The summed E-state index contributed by atoms with van der Waals surface area (Å²) in [4.78, 5) is 12.5. The van der Waals surface area contributed by atoms with Crippen molar-refractivity contribution >= 4 is 27.3 Å². The highest BCUT2D eigenvalue weighted by Crippen LogP contribution is 2.24. The molecule has 1 N–H and O–H groups in total. The Bertz CT molecular complexity index is 803. The van der Waals surface area contributed by atoms with E-state index in [9.17, 15) is 4.79 Å². The van der Waals surface area contributed by atoms with Crippen LogP contribution in [0, 0.1) is 12.8 Å². The lowest BCUT2D eigenvalue weighted by molar-refractivity contribution is -0.116. The zero-order valence-electron chi connectivity index (χ0n) is 12.7. The second-order valence-electron chi connectivity index (χ2n) is 5.64. The molecule has 1 aromatic carbocycles. The van der Waals surface area contributed by atoms with Gasteiger partial charge in [-0.1, -0.05) is 55.0 Å². The summed E-state index contributed by atoms with van der Waals surface area (Å²) in [7, 11) is 0. The van der Waals surface area contributed by atoms with E-state index in [1.165, 1.54) is 16.9 Å². The van der Waals surface area contributed by atoms with Crippen LogP contribution in [0.1, 0.15) is 25.8 Å². The number of aromatic nitrogens is 4. The van der Waals surface area contributed by atoms with Gasteiger partial charge in [-0.05, 0) is 12.8 Å². The Morgan fingerprint density at radius 2 is 2.00 bits per heavy atom. The van der Waals surface area contributed by atoms with Gasteiger partial charge < -0.3 is 5.32 Å². The number of rotatable bonds is 4. The van der Waals surface area contributed by atoms with Gasteiger partial charge in [0.1, 0.15) is 0 Å². The number of amides is 1. The van der Waals surface area contributed by atoms with E-state index in [0.717, 1.165) is 5.56 Å². The van der Waals surface area contributed by atoms with Crippen LogP contribution in [0.25, 0.3) is 16.3 Å². The molecule has 1 amide bonds. The molecule has 0 aliphatic rings. The summed E-state index contributed by atoms with van der Waals surface area (Å²) in [5, 5.41) is 16.1. The van der Waals surface area contributed by atoms with E-state index < -0.39 is 0 Å². The maximum Gasteiger partial charge on any atom is 0.236 e. The van der Waals surface area contributed by atoms with E-state index in [4.69, 9.17) is 0 Å².